The van der Waals surface area contributed by atoms with E-state index in [1.165, 1.54) is 0 Å². The number of carbonyl (C=O) groups excluding carboxylic acids is 2. The van der Waals surface area contributed by atoms with Crippen molar-refractivity contribution < 1.29 is 24.1 Å². The molecule has 5 heteroatoms. The van der Waals surface area contributed by atoms with E-state index in [1.807, 2.05) is 67.6 Å². The summed E-state index contributed by atoms with van der Waals surface area (Å²) < 4.78 is 5.31. The zero-order valence-corrected chi connectivity index (χ0v) is 14.0. The van der Waals surface area contributed by atoms with Gasteiger partial charge in [0.25, 0.3) is 0 Å². The van der Waals surface area contributed by atoms with Gasteiger partial charge in [-0.1, -0.05) is 67.6 Å². The molecule has 3 atom stereocenters. The Morgan fingerprint density at radius 2 is 1.64 bits per heavy atom. The molecule has 1 aliphatic heterocycles. The van der Waals surface area contributed by atoms with E-state index in [1.54, 1.807) is 0 Å². The first kappa shape index (κ1) is 17.2. The van der Waals surface area contributed by atoms with Crippen LogP contribution in [0.2, 0.25) is 0 Å². The molecule has 0 spiro atoms. The van der Waals surface area contributed by atoms with Crippen LogP contribution >= 0.6 is 0 Å². The minimum atomic E-state index is -0.718. The summed E-state index contributed by atoms with van der Waals surface area (Å²) in [5.41, 5.74) is 1.93. The third kappa shape index (κ3) is 4.45. The van der Waals surface area contributed by atoms with Crippen LogP contribution < -0.4 is 0 Å². The zero-order chi connectivity index (χ0) is 17.6. The Hall–Kier alpha value is -2.66. The Morgan fingerprint density at radius 1 is 1.00 bits per heavy atom. The van der Waals surface area contributed by atoms with E-state index in [2.05, 4.69) is 4.89 Å². The van der Waals surface area contributed by atoms with Crippen LogP contribution in [-0.4, -0.2) is 18.0 Å². The van der Waals surface area contributed by atoms with Gasteiger partial charge in [-0.05, 0) is 24.0 Å². The van der Waals surface area contributed by atoms with Crippen LogP contribution in [0.4, 0.5) is 0 Å². The number of epoxide rings is 1. The minimum Gasteiger partial charge on any atom is -0.352 e. The van der Waals surface area contributed by atoms with Crippen molar-refractivity contribution in [1.82, 2.24) is 0 Å². The fourth-order valence-corrected chi connectivity index (χ4v) is 2.68. The zero-order valence-electron chi connectivity index (χ0n) is 14.0. The van der Waals surface area contributed by atoms with E-state index in [0.717, 1.165) is 11.1 Å². The highest BCUT2D eigenvalue weighted by Crippen LogP contribution is 2.39. The number of carbonyl (C=O) groups is 2. The second-order valence-corrected chi connectivity index (χ2v) is 5.99. The van der Waals surface area contributed by atoms with Gasteiger partial charge >= 0.3 is 11.9 Å². The average molecular weight is 340 g/mol. The maximum Gasteiger partial charge on any atom is 0.387 e. The Labute approximate surface area is 146 Å². The summed E-state index contributed by atoms with van der Waals surface area (Å²) in [5, 5.41) is 0. The molecule has 0 N–H and O–H groups in total. The smallest absolute Gasteiger partial charge is 0.352 e. The fraction of sp³-hybridized carbons (Fsp3) is 0.300. The van der Waals surface area contributed by atoms with Crippen LogP contribution in [0.1, 0.15) is 30.6 Å². The molecule has 1 saturated heterocycles. The predicted molar refractivity (Wildman–Crippen MR) is 90.2 cm³/mol. The quantitative estimate of drug-likeness (QED) is 0.458. The summed E-state index contributed by atoms with van der Waals surface area (Å²) in [6, 6.07) is 19.0. The summed E-state index contributed by atoms with van der Waals surface area (Å²) in [7, 11) is 0. The third-order valence-electron chi connectivity index (χ3n) is 4.21. The van der Waals surface area contributed by atoms with Gasteiger partial charge in [0, 0.05) is 0 Å². The molecule has 0 amide bonds. The van der Waals surface area contributed by atoms with Crippen LogP contribution in [0.5, 0.6) is 0 Å². The maximum absolute atomic E-state index is 12.1. The first-order valence-electron chi connectivity index (χ1n) is 8.35. The van der Waals surface area contributed by atoms with Crippen LogP contribution in [0, 0.1) is 5.92 Å². The monoisotopic (exact) mass is 340 g/mol. The second kappa shape index (κ2) is 7.94. The van der Waals surface area contributed by atoms with Crippen molar-refractivity contribution in [3.8, 4) is 0 Å². The Balaban J connectivity index is 1.47. The summed E-state index contributed by atoms with van der Waals surface area (Å²) in [6.45, 7) is 1.89. The first-order valence-corrected chi connectivity index (χ1v) is 8.35. The highest BCUT2D eigenvalue weighted by atomic mass is 17.2. The topological polar surface area (TPSA) is 65.1 Å². The van der Waals surface area contributed by atoms with Gasteiger partial charge in [-0.2, -0.15) is 0 Å². The number of ether oxygens (including phenoxy) is 1. The molecule has 0 radical (unpaired) electrons. The van der Waals surface area contributed by atoms with Crippen molar-refractivity contribution in [2.45, 2.75) is 32.0 Å². The lowest BCUT2D eigenvalue weighted by molar-refractivity contribution is -0.263. The molecule has 2 aromatic carbocycles. The van der Waals surface area contributed by atoms with E-state index >= 15 is 0 Å². The van der Waals surface area contributed by atoms with Crippen LogP contribution in [0.3, 0.4) is 0 Å². The standard InChI is InChI=1S/C20H20O5/c1-2-15(13-14-9-5-3-6-10-14)19(21)24-25-20(22)18-17(23-18)16-11-7-4-8-12-16/h3-12,15,17-18H,2,13H2,1H3. The predicted octanol–water partition coefficient (Wildman–Crippen LogP) is 3.40. The van der Waals surface area contributed by atoms with Crippen molar-refractivity contribution >= 4 is 11.9 Å². The maximum atomic E-state index is 12.1. The van der Waals surface area contributed by atoms with Gasteiger partial charge in [0.1, 0.15) is 6.10 Å². The van der Waals surface area contributed by atoms with Gasteiger partial charge in [0.05, 0.1) is 5.92 Å². The molecule has 1 fully saturated rings. The molecule has 3 unspecified atom stereocenters. The van der Waals surface area contributed by atoms with E-state index in [0.29, 0.717) is 12.8 Å². The van der Waals surface area contributed by atoms with Gasteiger partial charge in [-0.25, -0.2) is 19.4 Å². The summed E-state index contributed by atoms with van der Waals surface area (Å²) in [5.74, 6) is -1.59. The van der Waals surface area contributed by atoms with E-state index in [-0.39, 0.29) is 12.0 Å². The van der Waals surface area contributed by atoms with Crippen LogP contribution in [0.15, 0.2) is 60.7 Å². The summed E-state index contributed by atoms with van der Waals surface area (Å²) in [4.78, 5) is 33.5. The molecule has 0 saturated carbocycles. The number of benzene rings is 2. The number of hydrogen-bond acceptors (Lipinski definition) is 5. The molecule has 3 rings (SSSR count). The van der Waals surface area contributed by atoms with Crippen LogP contribution in [0.25, 0.3) is 0 Å². The van der Waals surface area contributed by atoms with Crippen molar-refractivity contribution in [2.24, 2.45) is 5.92 Å². The number of hydrogen-bond donors (Lipinski definition) is 0. The molecule has 0 bridgehead atoms. The van der Waals surface area contributed by atoms with Gasteiger partial charge in [0.15, 0.2) is 6.10 Å². The molecular weight excluding hydrogens is 320 g/mol. The molecule has 5 nitrogen and oxygen atoms in total. The van der Waals surface area contributed by atoms with E-state index in [4.69, 9.17) is 9.62 Å². The molecular formula is C20H20O5. The second-order valence-electron chi connectivity index (χ2n) is 5.99. The average Bonchev–Trinajstić information content (AvgIpc) is 3.46. The van der Waals surface area contributed by atoms with E-state index < -0.39 is 18.0 Å². The van der Waals surface area contributed by atoms with Crippen molar-refractivity contribution in [2.75, 3.05) is 0 Å². The lowest BCUT2D eigenvalue weighted by Crippen LogP contribution is -2.23. The van der Waals surface area contributed by atoms with Gasteiger partial charge in [-0.3, -0.25) is 0 Å². The summed E-state index contributed by atoms with van der Waals surface area (Å²) >= 11 is 0. The molecule has 2 aromatic rings. The first-order chi connectivity index (χ1) is 12.2. The van der Waals surface area contributed by atoms with Crippen molar-refractivity contribution in [3.05, 3.63) is 71.8 Å². The van der Waals surface area contributed by atoms with Crippen molar-refractivity contribution in [3.63, 3.8) is 0 Å². The Kier molecular flexibility index (Phi) is 5.46. The third-order valence-corrected chi connectivity index (χ3v) is 4.21. The largest absolute Gasteiger partial charge is 0.387 e. The summed E-state index contributed by atoms with van der Waals surface area (Å²) in [6.07, 6.45) is 0.0844. The van der Waals surface area contributed by atoms with Gasteiger partial charge in [0.2, 0.25) is 0 Å². The highest BCUT2D eigenvalue weighted by Gasteiger charge is 2.48. The van der Waals surface area contributed by atoms with E-state index in [9.17, 15) is 9.59 Å². The molecule has 0 aromatic heterocycles. The Bertz CT molecular complexity index is 713. The van der Waals surface area contributed by atoms with Crippen molar-refractivity contribution in [1.29, 1.82) is 0 Å². The molecule has 130 valence electrons. The normalized spacial score (nSPS) is 19.7. The minimum absolute atomic E-state index is 0.335. The lowest BCUT2D eigenvalue weighted by atomic mass is 9.97. The molecule has 1 heterocycles. The SMILES string of the molecule is CCC(Cc1ccccc1)C(=O)OOC(=O)C1OC1c1ccccc1. The molecule has 0 aliphatic carbocycles. The Morgan fingerprint density at radius 3 is 2.28 bits per heavy atom. The molecule has 25 heavy (non-hydrogen) atoms. The van der Waals surface area contributed by atoms with Gasteiger partial charge in [-0.15, -0.1) is 0 Å². The van der Waals surface area contributed by atoms with Gasteiger partial charge < -0.3 is 4.74 Å². The lowest BCUT2D eigenvalue weighted by Gasteiger charge is -2.12. The van der Waals surface area contributed by atoms with Crippen LogP contribution in [-0.2, 0) is 30.5 Å². The highest BCUT2D eigenvalue weighted by molar-refractivity contribution is 5.79. The fourth-order valence-electron chi connectivity index (χ4n) is 2.68. The number of rotatable bonds is 6. The molecule has 1 aliphatic rings.